The summed E-state index contributed by atoms with van der Waals surface area (Å²) in [4.78, 5) is 19.9. The molecule has 0 atom stereocenters. The third-order valence-corrected chi connectivity index (χ3v) is 12.5. The SMILES string of the molecule is N#Cc1c(-c2cccc3ccccc23)nc(-c2cccc3ccccc23)c(C#N)c1-c1ccc(-c2ccc(Cl)c(-c3cc(-c4ccc(-c5ccccn5)cc4)nc(-c4ccccc4)n3)c2)cc1. The van der Waals surface area contributed by atoms with Gasteiger partial charge in [0.2, 0.25) is 0 Å². The van der Waals surface area contributed by atoms with Gasteiger partial charge in [0.1, 0.15) is 12.1 Å². The fraction of sp³-hybridized carbons (Fsp3) is 0. The van der Waals surface area contributed by atoms with Crippen LogP contribution in [0, 0.1) is 22.7 Å². The lowest BCUT2D eigenvalue weighted by molar-refractivity contribution is 1.18. The molecule has 0 aliphatic rings. The van der Waals surface area contributed by atoms with Crippen LogP contribution in [0.25, 0.3) is 111 Å². The summed E-state index contributed by atoms with van der Waals surface area (Å²) in [7, 11) is 0. The van der Waals surface area contributed by atoms with Crippen LogP contribution >= 0.6 is 11.6 Å². The van der Waals surface area contributed by atoms with Gasteiger partial charge in [0, 0.05) is 45.1 Å². The van der Waals surface area contributed by atoms with Gasteiger partial charge >= 0.3 is 0 Å². The highest BCUT2D eigenvalue weighted by atomic mass is 35.5. The number of pyridine rings is 2. The molecular formula is C60H35ClN6. The van der Waals surface area contributed by atoms with Crippen molar-refractivity contribution in [1.82, 2.24) is 19.9 Å². The van der Waals surface area contributed by atoms with Crippen molar-refractivity contribution < 1.29 is 0 Å². The molecule has 0 fully saturated rings. The first-order valence-corrected chi connectivity index (χ1v) is 22.1. The first-order valence-electron chi connectivity index (χ1n) is 21.8. The van der Waals surface area contributed by atoms with Crippen molar-refractivity contribution >= 4 is 33.1 Å². The molecule has 0 bridgehead atoms. The summed E-state index contributed by atoms with van der Waals surface area (Å²) in [6.45, 7) is 0. The lowest BCUT2D eigenvalue weighted by Crippen LogP contribution is -2.02. The summed E-state index contributed by atoms with van der Waals surface area (Å²) in [5.41, 5.74) is 12.3. The molecule has 11 aromatic rings. The normalized spacial score (nSPS) is 11.0. The topological polar surface area (TPSA) is 99.1 Å². The Morgan fingerprint density at radius 1 is 0.373 bits per heavy atom. The van der Waals surface area contributed by atoms with Crippen LogP contribution in [0.2, 0.25) is 5.02 Å². The molecule has 0 saturated heterocycles. The Labute approximate surface area is 392 Å². The zero-order valence-electron chi connectivity index (χ0n) is 35.8. The molecule has 0 unspecified atom stereocenters. The van der Waals surface area contributed by atoms with Crippen LogP contribution in [0.5, 0.6) is 0 Å². The van der Waals surface area contributed by atoms with Gasteiger partial charge in [-0.2, -0.15) is 10.5 Å². The van der Waals surface area contributed by atoms with E-state index in [0.717, 1.165) is 83.0 Å². The Kier molecular flexibility index (Phi) is 10.6. The van der Waals surface area contributed by atoms with Crippen LogP contribution in [-0.4, -0.2) is 19.9 Å². The molecule has 8 aromatic carbocycles. The standard InChI is InChI=1S/C60H35ClN6/c61-53-32-31-45(34-50(53)56-35-55(65-60(66-56)44-14-2-1-3-15-44)42-27-25-41(26-28-42)54-22-8-9-33-64-54)38-23-29-43(30-24-38)57-51(36-62)58(48-20-10-16-39-12-4-6-18-46(39)48)67-59(52(57)37-63)49-21-11-17-40-13-5-7-19-47(40)49/h1-35H. The Bertz CT molecular complexity index is 3640. The van der Waals surface area contributed by atoms with E-state index >= 15 is 0 Å². The number of nitrogens with zero attached hydrogens (tertiary/aromatic N) is 6. The molecule has 3 aromatic heterocycles. The third kappa shape index (κ3) is 7.64. The summed E-state index contributed by atoms with van der Waals surface area (Å²) in [6, 6.07) is 73.2. The second-order valence-electron chi connectivity index (χ2n) is 16.1. The van der Waals surface area contributed by atoms with Crippen LogP contribution in [0.4, 0.5) is 0 Å². The zero-order chi connectivity index (χ0) is 45.3. The Hall–Kier alpha value is -9.07. The highest BCUT2D eigenvalue weighted by molar-refractivity contribution is 6.33. The van der Waals surface area contributed by atoms with Crippen molar-refractivity contribution in [3.8, 4) is 102 Å². The van der Waals surface area contributed by atoms with E-state index in [4.69, 9.17) is 26.6 Å². The van der Waals surface area contributed by atoms with Gasteiger partial charge in [-0.3, -0.25) is 4.98 Å². The smallest absolute Gasteiger partial charge is 0.160 e. The van der Waals surface area contributed by atoms with Crippen LogP contribution in [-0.2, 0) is 0 Å². The fourth-order valence-corrected chi connectivity index (χ4v) is 9.08. The van der Waals surface area contributed by atoms with E-state index in [-0.39, 0.29) is 0 Å². The molecule has 0 spiro atoms. The number of aromatic nitrogens is 4. The van der Waals surface area contributed by atoms with Gasteiger partial charge in [-0.15, -0.1) is 0 Å². The fourth-order valence-electron chi connectivity index (χ4n) is 8.87. The summed E-state index contributed by atoms with van der Waals surface area (Å²) < 4.78 is 0. The van der Waals surface area contributed by atoms with Crippen LogP contribution in [0.15, 0.2) is 212 Å². The number of benzene rings is 8. The number of rotatable bonds is 8. The molecule has 3 heterocycles. The average molecular weight is 875 g/mol. The number of hydrogen-bond acceptors (Lipinski definition) is 6. The molecule has 0 radical (unpaired) electrons. The molecule has 0 amide bonds. The van der Waals surface area contributed by atoms with Gasteiger partial charge in [0.15, 0.2) is 5.82 Å². The lowest BCUT2D eigenvalue weighted by Gasteiger charge is -2.18. The lowest BCUT2D eigenvalue weighted by atomic mass is 9.87. The van der Waals surface area contributed by atoms with E-state index in [1.807, 2.05) is 158 Å². The largest absolute Gasteiger partial charge is 0.256 e. The quantitative estimate of drug-likeness (QED) is 0.151. The minimum absolute atomic E-state index is 0.332. The molecule has 0 saturated carbocycles. The number of hydrogen-bond donors (Lipinski definition) is 0. The monoisotopic (exact) mass is 874 g/mol. The number of fused-ring (bicyclic) bond motifs is 2. The molecule has 0 aliphatic heterocycles. The first-order chi connectivity index (χ1) is 33.0. The highest BCUT2D eigenvalue weighted by Gasteiger charge is 2.25. The van der Waals surface area contributed by atoms with E-state index in [1.165, 1.54) is 0 Å². The van der Waals surface area contributed by atoms with E-state index < -0.39 is 0 Å². The van der Waals surface area contributed by atoms with Gasteiger partial charge in [0.05, 0.1) is 44.6 Å². The molecule has 0 N–H and O–H groups in total. The Morgan fingerprint density at radius 3 is 1.51 bits per heavy atom. The molecule has 67 heavy (non-hydrogen) atoms. The molecule has 6 nitrogen and oxygen atoms in total. The molecule has 7 heteroatoms. The van der Waals surface area contributed by atoms with Crippen molar-refractivity contribution in [2.24, 2.45) is 0 Å². The minimum Gasteiger partial charge on any atom is -0.256 e. The molecule has 0 aliphatic carbocycles. The second kappa shape index (κ2) is 17.5. The predicted octanol–water partition coefficient (Wildman–Crippen LogP) is 15.3. The summed E-state index contributed by atoms with van der Waals surface area (Å²) >= 11 is 7.04. The van der Waals surface area contributed by atoms with Crippen LogP contribution in [0.3, 0.4) is 0 Å². The summed E-state index contributed by atoms with van der Waals surface area (Å²) in [5.74, 6) is 0.581. The first kappa shape index (κ1) is 40.7. The third-order valence-electron chi connectivity index (χ3n) is 12.2. The minimum atomic E-state index is 0.332. The highest BCUT2D eigenvalue weighted by Crippen LogP contribution is 2.43. The number of nitriles is 2. The maximum absolute atomic E-state index is 11.1. The van der Waals surface area contributed by atoms with Gasteiger partial charge in [-0.1, -0.05) is 188 Å². The Balaban J connectivity index is 1.04. The maximum atomic E-state index is 11.1. The maximum Gasteiger partial charge on any atom is 0.160 e. The predicted molar refractivity (Wildman–Crippen MR) is 271 cm³/mol. The number of halogens is 1. The molecule has 312 valence electrons. The van der Waals surface area contributed by atoms with Crippen molar-refractivity contribution in [2.45, 2.75) is 0 Å². The van der Waals surface area contributed by atoms with Gasteiger partial charge in [0.25, 0.3) is 0 Å². The molecular weight excluding hydrogens is 840 g/mol. The van der Waals surface area contributed by atoms with E-state index in [0.29, 0.717) is 44.6 Å². The molecule has 11 rings (SSSR count). The summed E-state index contributed by atoms with van der Waals surface area (Å²) in [6.07, 6.45) is 1.79. The van der Waals surface area contributed by atoms with Crippen molar-refractivity contribution in [1.29, 1.82) is 10.5 Å². The van der Waals surface area contributed by atoms with E-state index in [2.05, 4.69) is 65.7 Å². The van der Waals surface area contributed by atoms with Crippen molar-refractivity contribution in [2.75, 3.05) is 0 Å². The zero-order valence-corrected chi connectivity index (χ0v) is 36.5. The van der Waals surface area contributed by atoms with E-state index in [9.17, 15) is 10.5 Å². The Morgan fingerprint density at radius 2 is 0.896 bits per heavy atom. The van der Waals surface area contributed by atoms with Crippen LogP contribution in [0.1, 0.15) is 11.1 Å². The van der Waals surface area contributed by atoms with Crippen molar-refractivity contribution in [3.05, 3.63) is 229 Å². The summed E-state index contributed by atoms with van der Waals surface area (Å²) in [5, 5.41) is 26.7. The van der Waals surface area contributed by atoms with E-state index in [1.54, 1.807) is 6.20 Å². The van der Waals surface area contributed by atoms with Crippen LogP contribution < -0.4 is 0 Å². The second-order valence-corrected chi connectivity index (χ2v) is 16.5. The van der Waals surface area contributed by atoms with Gasteiger partial charge in [-0.05, 0) is 68.6 Å². The van der Waals surface area contributed by atoms with Gasteiger partial charge < -0.3 is 0 Å². The average Bonchev–Trinajstić information content (AvgIpc) is 3.40. The van der Waals surface area contributed by atoms with Crippen molar-refractivity contribution in [3.63, 3.8) is 0 Å². The van der Waals surface area contributed by atoms with Gasteiger partial charge in [-0.25, -0.2) is 15.0 Å².